The summed E-state index contributed by atoms with van der Waals surface area (Å²) >= 11 is 0. The fourth-order valence-corrected chi connectivity index (χ4v) is 0.160. The van der Waals surface area contributed by atoms with Crippen LogP contribution in [0.3, 0.4) is 0 Å². The van der Waals surface area contributed by atoms with Gasteiger partial charge in [-0.25, -0.2) is 0 Å². The van der Waals surface area contributed by atoms with E-state index >= 15 is 0 Å². The van der Waals surface area contributed by atoms with Crippen LogP contribution in [0.1, 0.15) is 0 Å². The summed E-state index contributed by atoms with van der Waals surface area (Å²) < 4.78 is 39.8. The van der Waals surface area contributed by atoms with Gasteiger partial charge in [0.25, 0.3) is 0 Å². The molecule has 3 nitrogen and oxygen atoms in total. The maximum atomic E-state index is 11.0. The molecule has 0 aliphatic heterocycles. The van der Waals surface area contributed by atoms with Crippen LogP contribution in [0, 0.1) is 0 Å². The van der Waals surface area contributed by atoms with E-state index in [9.17, 15) is 16.8 Å². The summed E-state index contributed by atoms with van der Waals surface area (Å²) in [6.07, 6.45) is 0. The van der Waals surface area contributed by atoms with Crippen LogP contribution in [0.15, 0.2) is 0 Å². The average Bonchev–Trinajstić information content (AvgIpc) is 1.30. The Morgan fingerprint density at radius 1 is 1.57 bits per heavy atom. The van der Waals surface area contributed by atoms with Gasteiger partial charge in [0.05, 0.1) is 0 Å². The van der Waals surface area contributed by atoms with Gasteiger partial charge in [-0.15, -0.1) is 3.89 Å². The standard InChI is InChI=1S/CH2F2O3S/c2-6-1-7(3,4)5/h1H2. The molecule has 0 rings (SSSR count). The van der Waals surface area contributed by atoms with Gasteiger partial charge in [0, 0.05) is 0 Å². The van der Waals surface area contributed by atoms with Crippen LogP contribution in [0.2, 0.25) is 0 Å². The fourth-order valence-electron chi connectivity index (χ4n) is 0.0532. The lowest BCUT2D eigenvalue weighted by molar-refractivity contribution is -0.109. The molecule has 6 heteroatoms. The molecular formula is CH2F2O3S. The highest BCUT2D eigenvalue weighted by Crippen LogP contribution is 1.89. The van der Waals surface area contributed by atoms with Crippen LogP contribution in [0.4, 0.5) is 8.41 Å². The minimum Gasteiger partial charge on any atom is -0.192 e. The van der Waals surface area contributed by atoms with Crippen molar-refractivity contribution in [2.24, 2.45) is 0 Å². The zero-order chi connectivity index (χ0) is 5.91. The molecule has 7 heavy (non-hydrogen) atoms. The van der Waals surface area contributed by atoms with E-state index in [0.29, 0.717) is 0 Å². The molecular weight excluding hydrogens is 130 g/mol. The van der Waals surface area contributed by atoms with Crippen LogP contribution in [-0.4, -0.2) is 14.4 Å². The highest BCUT2D eigenvalue weighted by Gasteiger charge is 2.05. The summed E-state index contributed by atoms with van der Waals surface area (Å²) in [6, 6.07) is 0. The van der Waals surface area contributed by atoms with Gasteiger partial charge in [-0.2, -0.15) is 13.4 Å². The second-order valence-corrected chi connectivity index (χ2v) is 2.08. The van der Waals surface area contributed by atoms with Gasteiger partial charge < -0.3 is 0 Å². The van der Waals surface area contributed by atoms with E-state index in [1.807, 2.05) is 0 Å². The molecule has 0 aliphatic carbocycles. The van der Waals surface area contributed by atoms with E-state index in [2.05, 4.69) is 4.94 Å². The van der Waals surface area contributed by atoms with Crippen molar-refractivity contribution >= 4 is 10.2 Å². The van der Waals surface area contributed by atoms with Crippen molar-refractivity contribution in [3.05, 3.63) is 0 Å². The maximum absolute atomic E-state index is 11.0. The van der Waals surface area contributed by atoms with Crippen LogP contribution < -0.4 is 0 Å². The third-order valence-electron chi connectivity index (χ3n) is 0.185. The van der Waals surface area contributed by atoms with Gasteiger partial charge in [0.1, 0.15) is 0 Å². The topological polar surface area (TPSA) is 43.4 Å². The third kappa shape index (κ3) is 5.77. The quantitative estimate of drug-likeness (QED) is 0.502. The smallest absolute Gasteiger partial charge is 0.192 e. The van der Waals surface area contributed by atoms with Crippen molar-refractivity contribution < 1.29 is 21.8 Å². The highest BCUT2D eigenvalue weighted by atomic mass is 32.3. The maximum Gasteiger partial charge on any atom is 0.330 e. The summed E-state index contributed by atoms with van der Waals surface area (Å²) in [5.74, 6) is -1.52. The molecule has 0 aromatic heterocycles. The molecule has 0 aromatic carbocycles. The molecule has 0 atom stereocenters. The van der Waals surface area contributed by atoms with Crippen molar-refractivity contribution in [3.63, 3.8) is 0 Å². The van der Waals surface area contributed by atoms with Crippen LogP contribution in [0.5, 0.6) is 0 Å². The van der Waals surface area contributed by atoms with Crippen LogP contribution >= 0.6 is 0 Å². The summed E-state index contributed by atoms with van der Waals surface area (Å²) in [6.45, 7) is 0. The second kappa shape index (κ2) is 2.17. The lowest BCUT2D eigenvalue weighted by Crippen LogP contribution is -1.96. The van der Waals surface area contributed by atoms with Crippen molar-refractivity contribution in [1.29, 1.82) is 0 Å². The number of halogens is 2. The lowest BCUT2D eigenvalue weighted by Gasteiger charge is -1.80. The predicted molar refractivity (Wildman–Crippen MR) is 17.1 cm³/mol. The van der Waals surface area contributed by atoms with Gasteiger partial charge in [-0.1, -0.05) is 0 Å². The van der Waals surface area contributed by atoms with Crippen molar-refractivity contribution in [2.45, 2.75) is 0 Å². The first-order chi connectivity index (χ1) is 3.06. The largest absolute Gasteiger partial charge is 0.330 e. The van der Waals surface area contributed by atoms with Gasteiger partial charge in [-0.05, 0) is 4.53 Å². The van der Waals surface area contributed by atoms with E-state index in [1.165, 1.54) is 0 Å². The second-order valence-electron chi connectivity index (χ2n) is 0.766. The Kier molecular flexibility index (Phi) is 2.10. The first-order valence-corrected chi connectivity index (χ1v) is 2.77. The zero-order valence-electron chi connectivity index (χ0n) is 3.10. The Morgan fingerprint density at radius 3 is 2.00 bits per heavy atom. The number of rotatable bonds is 2. The molecule has 0 aromatic rings. The van der Waals surface area contributed by atoms with E-state index in [0.717, 1.165) is 0 Å². The van der Waals surface area contributed by atoms with Crippen LogP contribution in [-0.2, 0) is 15.2 Å². The van der Waals surface area contributed by atoms with Gasteiger partial charge in [0.2, 0.25) is 5.94 Å². The van der Waals surface area contributed by atoms with E-state index in [4.69, 9.17) is 0 Å². The van der Waals surface area contributed by atoms with E-state index < -0.39 is 16.2 Å². The zero-order valence-corrected chi connectivity index (χ0v) is 3.91. The van der Waals surface area contributed by atoms with Crippen LogP contribution in [0.25, 0.3) is 0 Å². The minimum absolute atomic E-state index is 1.52. The van der Waals surface area contributed by atoms with Gasteiger partial charge in [-0.3, -0.25) is 0 Å². The Morgan fingerprint density at radius 2 is 2.00 bits per heavy atom. The van der Waals surface area contributed by atoms with Crippen molar-refractivity contribution in [3.8, 4) is 0 Å². The van der Waals surface area contributed by atoms with Gasteiger partial charge in [0.15, 0.2) is 0 Å². The Balaban J connectivity index is 3.60. The number of hydrogen-bond donors (Lipinski definition) is 0. The average molecular weight is 132 g/mol. The van der Waals surface area contributed by atoms with E-state index in [1.54, 1.807) is 0 Å². The molecule has 0 N–H and O–H groups in total. The first kappa shape index (κ1) is 6.77. The molecule has 0 saturated carbocycles. The van der Waals surface area contributed by atoms with Crippen molar-refractivity contribution in [2.75, 3.05) is 5.94 Å². The lowest BCUT2D eigenvalue weighted by atomic mass is 11.7. The third-order valence-corrected chi connectivity index (χ3v) is 0.556. The monoisotopic (exact) mass is 132 g/mol. The molecule has 0 heterocycles. The Hall–Kier alpha value is -0.230. The van der Waals surface area contributed by atoms with Gasteiger partial charge >= 0.3 is 10.2 Å². The molecule has 0 spiro atoms. The summed E-state index contributed by atoms with van der Waals surface area (Å²) in [5.41, 5.74) is 0. The normalized spacial score (nSPS) is 11.7. The molecule has 0 bridgehead atoms. The molecule has 44 valence electrons. The highest BCUT2D eigenvalue weighted by molar-refractivity contribution is 7.86. The molecule has 0 unspecified atom stereocenters. The first-order valence-electron chi connectivity index (χ1n) is 1.22. The van der Waals surface area contributed by atoms with Crippen molar-refractivity contribution in [1.82, 2.24) is 0 Å². The minimum atomic E-state index is -4.77. The molecule has 0 fully saturated rings. The Bertz CT molecular complexity index is 126. The van der Waals surface area contributed by atoms with E-state index in [-0.39, 0.29) is 0 Å². The fraction of sp³-hybridized carbons (Fsp3) is 1.00. The Labute approximate surface area is 39.0 Å². The summed E-state index contributed by atoms with van der Waals surface area (Å²) in [5, 5.41) is 0. The molecule has 0 amide bonds. The number of hydrogen-bond acceptors (Lipinski definition) is 3. The molecule has 0 aliphatic rings. The predicted octanol–water partition coefficient (Wildman–Crippen LogP) is 0.144. The summed E-state index contributed by atoms with van der Waals surface area (Å²) in [4.78, 5) is 2.44. The summed E-state index contributed by atoms with van der Waals surface area (Å²) in [7, 11) is -4.77. The molecule has 0 saturated heterocycles. The SMILES string of the molecule is O=S(=O)(F)COF. The molecule has 0 radical (unpaired) electrons.